The summed E-state index contributed by atoms with van der Waals surface area (Å²) in [6, 6.07) is 22.5. The van der Waals surface area contributed by atoms with Crippen molar-refractivity contribution >= 4 is 52.3 Å². The molecule has 0 saturated carbocycles. The maximum atomic E-state index is 11.6. The van der Waals surface area contributed by atoms with Crippen LogP contribution in [0.4, 0.5) is 11.6 Å². The summed E-state index contributed by atoms with van der Waals surface area (Å²) in [5.41, 5.74) is 4.08. The number of hydrogen-bond donors (Lipinski definition) is 2. The van der Waals surface area contributed by atoms with Crippen LogP contribution >= 0.6 is 34.8 Å². The number of rotatable bonds is 11. The van der Waals surface area contributed by atoms with Gasteiger partial charge in [-0.25, -0.2) is 9.36 Å². The first-order valence-electron chi connectivity index (χ1n) is 12.6. The standard InChI is InChI=1S/C28H25Cl3N8O/c29-17-26(40)33-20-10-12-23(13-11-20)39-27(19-9-14-24(30)25(31)16-19)34-28(36-39)32-15-5-4-6-21-18-38(37-35-21)22-7-2-1-3-8-22/h1-3,7-14,16,18H,4-6,15,17H2,(H,32,36)(H,33,40). The molecule has 204 valence electrons. The van der Waals surface area contributed by atoms with Crippen molar-refractivity contribution in [2.75, 3.05) is 23.1 Å². The van der Waals surface area contributed by atoms with Crippen LogP contribution in [0.25, 0.3) is 22.8 Å². The average Bonchev–Trinajstić information content (AvgIpc) is 3.63. The molecule has 0 fully saturated rings. The van der Waals surface area contributed by atoms with E-state index in [2.05, 4.69) is 20.9 Å². The van der Waals surface area contributed by atoms with Crippen LogP contribution in [-0.4, -0.2) is 48.1 Å². The first kappa shape index (κ1) is 27.6. The van der Waals surface area contributed by atoms with Crippen LogP contribution < -0.4 is 10.6 Å². The Kier molecular flexibility index (Phi) is 8.95. The number of amides is 1. The van der Waals surface area contributed by atoms with E-state index in [1.165, 1.54) is 0 Å². The van der Waals surface area contributed by atoms with Gasteiger partial charge in [0.1, 0.15) is 5.88 Å². The van der Waals surface area contributed by atoms with Crippen LogP contribution in [0.5, 0.6) is 0 Å². The van der Waals surface area contributed by atoms with E-state index in [1.54, 1.807) is 33.6 Å². The van der Waals surface area contributed by atoms with Crippen LogP contribution in [0, 0.1) is 0 Å². The molecule has 0 unspecified atom stereocenters. The Morgan fingerprint density at radius 3 is 2.45 bits per heavy atom. The van der Waals surface area contributed by atoms with Crippen molar-refractivity contribution < 1.29 is 4.79 Å². The van der Waals surface area contributed by atoms with E-state index in [9.17, 15) is 4.79 Å². The maximum Gasteiger partial charge on any atom is 0.243 e. The van der Waals surface area contributed by atoms with Crippen molar-refractivity contribution in [1.82, 2.24) is 29.8 Å². The van der Waals surface area contributed by atoms with E-state index in [0.717, 1.165) is 41.9 Å². The second-order valence-corrected chi connectivity index (χ2v) is 9.98. The first-order valence-corrected chi connectivity index (χ1v) is 13.9. The third-order valence-electron chi connectivity index (χ3n) is 6.01. The number of nitrogens with zero attached hydrogens (tertiary/aromatic N) is 6. The van der Waals surface area contributed by atoms with E-state index >= 15 is 0 Å². The lowest BCUT2D eigenvalue weighted by atomic mass is 10.2. The zero-order valence-corrected chi connectivity index (χ0v) is 23.5. The van der Waals surface area contributed by atoms with Crippen molar-refractivity contribution in [3.05, 3.63) is 94.7 Å². The SMILES string of the molecule is O=C(CCl)Nc1ccc(-n2nc(NCCCCc3cn(-c4ccccc4)nn3)nc2-c2ccc(Cl)c(Cl)c2)cc1. The molecule has 0 aliphatic carbocycles. The number of unbranched alkanes of at least 4 members (excludes halogenated alkanes) is 1. The molecule has 5 rings (SSSR count). The molecule has 0 atom stereocenters. The largest absolute Gasteiger partial charge is 0.353 e. The number of carbonyl (C=O) groups is 1. The summed E-state index contributed by atoms with van der Waals surface area (Å²) in [6.07, 6.45) is 4.60. The van der Waals surface area contributed by atoms with Crippen LogP contribution in [0.2, 0.25) is 10.0 Å². The molecule has 12 heteroatoms. The Bertz CT molecular complexity index is 1590. The molecule has 9 nitrogen and oxygen atoms in total. The molecular weight excluding hydrogens is 571 g/mol. The van der Waals surface area contributed by atoms with Crippen molar-refractivity contribution in [1.29, 1.82) is 0 Å². The van der Waals surface area contributed by atoms with Crippen molar-refractivity contribution in [3.8, 4) is 22.8 Å². The minimum absolute atomic E-state index is 0.116. The van der Waals surface area contributed by atoms with E-state index in [-0.39, 0.29) is 11.8 Å². The second-order valence-electron chi connectivity index (χ2n) is 8.90. The van der Waals surface area contributed by atoms with Gasteiger partial charge in [0, 0.05) is 17.8 Å². The fourth-order valence-corrected chi connectivity index (χ4v) is 4.39. The predicted molar refractivity (Wildman–Crippen MR) is 159 cm³/mol. The molecule has 0 radical (unpaired) electrons. The highest BCUT2D eigenvalue weighted by molar-refractivity contribution is 6.42. The van der Waals surface area contributed by atoms with Gasteiger partial charge in [-0.1, -0.05) is 46.6 Å². The molecule has 2 N–H and O–H groups in total. The monoisotopic (exact) mass is 594 g/mol. The molecule has 5 aromatic rings. The summed E-state index contributed by atoms with van der Waals surface area (Å²) >= 11 is 18.0. The summed E-state index contributed by atoms with van der Waals surface area (Å²) in [5.74, 6) is 0.681. The fraction of sp³-hybridized carbons (Fsp3) is 0.179. The molecule has 0 spiro atoms. The number of para-hydroxylation sites is 1. The number of aromatic nitrogens is 6. The Hall–Kier alpha value is -3.92. The second kappa shape index (κ2) is 13.0. The topological polar surface area (TPSA) is 103 Å². The van der Waals surface area contributed by atoms with Gasteiger partial charge in [-0.15, -0.1) is 21.8 Å². The third-order valence-corrected chi connectivity index (χ3v) is 6.99. The quantitative estimate of drug-likeness (QED) is 0.135. The van der Waals surface area contributed by atoms with Crippen LogP contribution in [-0.2, 0) is 11.2 Å². The number of alkyl halides is 1. The van der Waals surface area contributed by atoms with Gasteiger partial charge < -0.3 is 10.6 Å². The van der Waals surface area contributed by atoms with Gasteiger partial charge in [0.25, 0.3) is 0 Å². The number of benzene rings is 3. The van der Waals surface area contributed by atoms with Crippen molar-refractivity contribution in [2.45, 2.75) is 19.3 Å². The van der Waals surface area contributed by atoms with Crippen LogP contribution in [0.15, 0.2) is 79.0 Å². The molecule has 0 aliphatic rings. The smallest absolute Gasteiger partial charge is 0.243 e. The summed E-state index contributed by atoms with van der Waals surface area (Å²) < 4.78 is 3.50. The van der Waals surface area contributed by atoms with Gasteiger partial charge in [-0.3, -0.25) is 4.79 Å². The van der Waals surface area contributed by atoms with E-state index in [0.29, 0.717) is 34.1 Å². The number of carbonyl (C=O) groups excluding carboxylic acids is 1. The lowest BCUT2D eigenvalue weighted by Crippen LogP contribution is -2.12. The van der Waals surface area contributed by atoms with E-state index in [1.807, 2.05) is 54.7 Å². The summed E-state index contributed by atoms with van der Waals surface area (Å²) in [4.78, 5) is 16.3. The summed E-state index contributed by atoms with van der Waals surface area (Å²) in [5, 5.41) is 20.1. The summed E-state index contributed by atoms with van der Waals surface area (Å²) in [6.45, 7) is 0.682. The molecule has 0 aliphatic heterocycles. The number of nitrogens with one attached hydrogen (secondary N) is 2. The third kappa shape index (κ3) is 6.80. The van der Waals surface area contributed by atoms with Crippen molar-refractivity contribution in [3.63, 3.8) is 0 Å². The molecule has 40 heavy (non-hydrogen) atoms. The Labute approximate surface area is 246 Å². The average molecular weight is 596 g/mol. The number of hydrogen-bond acceptors (Lipinski definition) is 6. The van der Waals surface area contributed by atoms with Crippen LogP contribution in [0.3, 0.4) is 0 Å². The molecular formula is C28H25Cl3N8O. The number of halogens is 3. The van der Waals surface area contributed by atoms with Gasteiger partial charge in [0.05, 0.1) is 33.3 Å². The number of aryl methyl sites for hydroxylation is 1. The zero-order chi connectivity index (χ0) is 27.9. The Morgan fingerprint density at radius 2 is 1.70 bits per heavy atom. The van der Waals surface area contributed by atoms with Gasteiger partial charge >= 0.3 is 0 Å². The van der Waals surface area contributed by atoms with Gasteiger partial charge in [0.15, 0.2) is 5.82 Å². The lowest BCUT2D eigenvalue weighted by Gasteiger charge is -2.08. The molecule has 2 heterocycles. The first-order chi connectivity index (χ1) is 19.5. The highest BCUT2D eigenvalue weighted by atomic mass is 35.5. The molecule has 0 saturated heterocycles. The lowest BCUT2D eigenvalue weighted by molar-refractivity contribution is -0.113. The minimum atomic E-state index is -0.279. The highest BCUT2D eigenvalue weighted by Gasteiger charge is 2.15. The predicted octanol–water partition coefficient (Wildman–Crippen LogP) is 6.43. The molecule has 3 aromatic carbocycles. The van der Waals surface area contributed by atoms with Crippen LogP contribution in [0.1, 0.15) is 18.5 Å². The Morgan fingerprint density at radius 1 is 0.900 bits per heavy atom. The van der Waals surface area contributed by atoms with E-state index < -0.39 is 0 Å². The van der Waals surface area contributed by atoms with Gasteiger partial charge in [0.2, 0.25) is 11.9 Å². The summed E-state index contributed by atoms with van der Waals surface area (Å²) in [7, 11) is 0. The maximum absolute atomic E-state index is 11.6. The molecule has 2 aromatic heterocycles. The van der Waals surface area contributed by atoms with Gasteiger partial charge in [-0.05, 0) is 73.9 Å². The van der Waals surface area contributed by atoms with Crippen molar-refractivity contribution in [2.24, 2.45) is 0 Å². The zero-order valence-electron chi connectivity index (χ0n) is 21.3. The normalized spacial score (nSPS) is 11.0. The molecule has 0 bridgehead atoms. The van der Waals surface area contributed by atoms with Gasteiger partial charge in [-0.2, -0.15) is 4.98 Å². The fourth-order valence-electron chi connectivity index (χ4n) is 4.02. The highest BCUT2D eigenvalue weighted by Crippen LogP contribution is 2.30. The molecule has 1 amide bonds. The number of anilines is 2. The minimum Gasteiger partial charge on any atom is -0.353 e. The van der Waals surface area contributed by atoms with E-state index in [4.69, 9.17) is 44.9 Å². The Balaban J connectivity index is 1.25.